The Bertz CT molecular complexity index is 1240. The van der Waals surface area contributed by atoms with E-state index in [1.807, 2.05) is 91.0 Å². The molecule has 34 heavy (non-hydrogen) atoms. The second kappa shape index (κ2) is 10.7. The van der Waals surface area contributed by atoms with Crippen molar-refractivity contribution < 1.29 is 9.35 Å². The van der Waals surface area contributed by atoms with E-state index in [-0.39, 0.29) is 17.7 Å². The van der Waals surface area contributed by atoms with E-state index in [1.165, 1.54) is 0 Å². The molecule has 0 saturated carbocycles. The molecule has 1 aliphatic rings. The van der Waals surface area contributed by atoms with Crippen molar-refractivity contribution in [3.63, 3.8) is 0 Å². The summed E-state index contributed by atoms with van der Waals surface area (Å²) in [5, 5.41) is 3.26. The number of benzene rings is 3. The lowest BCUT2D eigenvalue weighted by atomic mass is 9.91. The molecule has 0 heterocycles. The van der Waals surface area contributed by atoms with Crippen LogP contribution in [0.25, 0.3) is 16.7 Å². The van der Waals surface area contributed by atoms with Crippen molar-refractivity contribution in [2.45, 2.75) is 19.4 Å². The topological polar surface area (TPSA) is 52.2 Å². The Kier molecular flexibility index (Phi) is 7.51. The van der Waals surface area contributed by atoms with Crippen LogP contribution in [0.5, 0.6) is 0 Å². The average molecular weight is 468 g/mol. The summed E-state index contributed by atoms with van der Waals surface area (Å²) < 4.78 is 12.6. The summed E-state index contributed by atoms with van der Waals surface area (Å²) in [4.78, 5) is 14.0. The molecule has 4 rings (SSSR count). The highest BCUT2D eigenvalue weighted by molar-refractivity contribution is 7.90. The van der Waals surface area contributed by atoms with Gasteiger partial charge in [0.2, 0.25) is 0 Å². The van der Waals surface area contributed by atoms with Crippen molar-refractivity contribution >= 4 is 33.8 Å². The molecule has 0 fully saturated rings. The average Bonchev–Trinajstić information content (AvgIpc) is 2.98. The number of allylic oxidation sites excluding steroid dienone is 3. The molecule has 0 aliphatic heterocycles. The van der Waals surface area contributed by atoms with Crippen LogP contribution in [-0.4, -0.2) is 22.5 Å². The fraction of sp³-hybridized carbons (Fsp3) is 0.167. The Balaban J connectivity index is 1.91. The van der Waals surface area contributed by atoms with Gasteiger partial charge in [0, 0.05) is 5.57 Å². The summed E-state index contributed by atoms with van der Waals surface area (Å²) in [5.41, 5.74) is 6.80. The summed E-state index contributed by atoms with van der Waals surface area (Å²) in [6.45, 7) is 6.37. The number of hydrogen-bond acceptors (Lipinski definition) is 2. The molecule has 0 aromatic heterocycles. The SMILES string of the molecule is C=C1C=C(c2ccccc2)C(C[S+](C)[O-])=C(C(=O)N[C@@H](CC)c2ccccc2)c2ccccc21. The third-order valence-corrected chi connectivity index (χ3v) is 6.76. The molecule has 1 N–H and O–H groups in total. The van der Waals surface area contributed by atoms with Gasteiger partial charge >= 0.3 is 0 Å². The van der Waals surface area contributed by atoms with E-state index >= 15 is 0 Å². The second-order valence-corrected chi connectivity index (χ2v) is 9.85. The Morgan fingerprint density at radius 2 is 1.53 bits per heavy atom. The summed E-state index contributed by atoms with van der Waals surface area (Å²) in [7, 11) is 0. The van der Waals surface area contributed by atoms with Gasteiger partial charge in [0.25, 0.3) is 5.91 Å². The van der Waals surface area contributed by atoms with Crippen molar-refractivity contribution in [3.05, 3.63) is 125 Å². The van der Waals surface area contributed by atoms with Crippen molar-refractivity contribution in [1.82, 2.24) is 5.32 Å². The van der Waals surface area contributed by atoms with E-state index in [0.29, 0.717) is 5.57 Å². The van der Waals surface area contributed by atoms with Crippen LogP contribution in [0.4, 0.5) is 0 Å². The molecule has 3 aromatic carbocycles. The van der Waals surface area contributed by atoms with Gasteiger partial charge in [0.1, 0.15) is 5.75 Å². The summed E-state index contributed by atoms with van der Waals surface area (Å²) in [5.74, 6) is 0.105. The third-order valence-electron chi connectivity index (χ3n) is 6.06. The first-order chi connectivity index (χ1) is 16.5. The normalized spacial score (nSPS) is 15.1. The molecule has 0 spiro atoms. The van der Waals surface area contributed by atoms with Crippen LogP contribution in [0, 0.1) is 0 Å². The molecular formula is C30H29NO2S. The number of amides is 1. The monoisotopic (exact) mass is 467 g/mol. The van der Waals surface area contributed by atoms with Gasteiger partial charge < -0.3 is 9.87 Å². The largest absolute Gasteiger partial charge is 0.616 e. The van der Waals surface area contributed by atoms with E-state index < -0.39 is 11.2 Å². The van der Waals surface area contributed by atoms with E-state index in [4.69, 9.17) is 0 Å². The minimum Gasteiger partial charge on any atom is -0.616 e. The molecule has 0 bridgehead atoms. The first-order valence-electron chi connectivity index (χ1n) is 11.4. The minimum absolute atomic E-state index is 0.127. The third kappa shape index (κ3) is 5.09. The van der Waals surface area contributed by atoms with Gasteiger partial charge in [-0.05, 0) is 45.9 Å². The first kappa shape index (κ1) is 23.8. The molecule has 172 valence electrons. The van der Waals surface area contributed by atoms with Crippen molar-refractivity contribution in [3.8, 4) is 0 Å². The predicted octanol–water partition coefficient (Wildman–Crippen LogP) is 6.20. The fourth-order valence-corrected chi connectivity index (χ4v) is 5.15. The Morgan fingerprint density at radius 3 is 2.15 bits per heavy atom. The molecule has 0 radical (unpaired) electrons. The smallest absolute Gasteiger partial charge is 0.252 e. The van der Waals surface area contributed by atoms with Crippen molar-refractivity contribution in [1.29, 1.82) is 0 Å². The van der Waals surface area contributed by atoms with Crippen LogP contribution in [0.1, 0.15) is 41.6 Å². The molecule has 3 aromatic rings. The molecule has 1 unspecified atom stereocenters. The Morgan fingerprint density at radius 1 is 0.941 bits per heavy atom. The summed E-state index contributed by atoms with van der Waals surface area (Å²) >= 11 is -1.15. The van der Waals surface area contributed by atoms with Crippen molar-refractivity contribution in [2.24, 2.45) is 0 Å². The van der Waals surface area contributed by atoms with E-state index in [9.17, 15) is 9.35 Å². The maximum Gasteiger partial charge on any atom is 0.252 e. The highest BCUT2D eigenvalue weighted by Gasteiger charge is 2.29. The molecule has 4 heteroatoms. The zero-order chi connectivity index (χ0) is 24.1. The highest BCUT2D eigenvalue weighted by atomic mass is 32.2. The number of fused-ring (bicyclic) bond motifs is 1. The van der Waals surface area contributed by atoms with Crippen LogP contribution in [0.2, 0.25) is 0 Å². The number of carbonyl (C=O) groups is 1. The lowest BCUT2D eigenvalue weighted by Crippen LogP contribution is -2.30. The minimum atomic E-state index is -1.15. The van der Waals surface area contributed by atoms with Gasteiger partial charge in [0.15, 0.2) is 0 Å². The van der Waals surface area contributed by atoms with Gasteiger partial charge in [-0.15, -0.1) is 0 Å². The number of carbonyl (C=O) groups excluding carboxylic acids is 1. The molecule has 1 aliphatic carbocycles. The maximum atomic E-state index is 14.0. The zero-order valence-electron chi connectivity index (χ0n) is 19.6. The van der Waals surface area contributed by atoms with Gasteiger partial charge in [-0.25, -0.2) is 0 Å². The molecule has 1 amide bonds. The van der Waals surface area contributed by atoms with E-state index in [1.54, 1.807) is 6.26 Å². The number of rotatable bonds is 7. The zero-order valence-corrected chi connectivity index (χ0v) is 20.4. The second-order valence-electron chi connectivity index (χ2n) is 8.41. The van der Waals surface area contributed by atoms with Gasteiger partial charge in [0.05, 0.1) is 17.9 Å². The molecule has 3 nitrogen and oxygen atoms in total. The quantitative estimate of drug-likeness (QED) is 0.421. The van der Waals surface area contributed by atoms with Crippen LogP contribution >= 0.6 is 0 Å². The van der Waals surface area contributed by atoms with Gasteiger partial charge in [-0.3, -0.25) is 4.79 Å². The molecule has 2 atom stereocenters. The van der Waals surface area contributed by atoms with Crippen LogP contribution < -0.4 is 5.32 Å². The Labute approximate surface area is 205 Å². The standard InChI is InChI=1S/C30H29NO2S/c1-4-28(23-15-9-6-10-16-23)31-30(32)29-25-18-12-11-17-24(25)21(2)19-26(27(29)20-34(3)33)22-13-7-5-8-14-22/h5-19,28H,2,4,20H2,1,3H3,(H,31,32)/t28-,34?/m0/s1. The number of hydrogen-bond donors (Lipinski definition) is 1. The fourth-order valence-electron chi connectivity index (χ4n) is 4.44. The van der Waals surface area contributed by atoms with Crippen molar-refractivity contribution in [2.75, 3.05) is 12.0 Å². The predicted molar refractivity (Wildman–Crippen MR) is 143 cm³/mol. The van der Waals surface area contributed by atoms with Crippen LogP contribution in [-0.2, 0) is 16.0 Å². The Hall–Kier alpha value is -3.34. The first-order valence-corrected chi connectivity index (χ1v) is 13.2. The van der Waals surface area contributed by atoms with E-state index in [2.05, 4.69) is 18.8 Å². The van der Waals surface area contributed by atoms with Gasteiger partial charge in [-0.2, -0.15) is 0 Å². The van der Waals surface area contributed by atoms with Crippen LogP contribution in [0.15, 0.2) is 103 Å². The lowest BCUT2D eigenvalue weighted by Gasteiger charge is -2.22. The molecule has 0 saturated heterocycles. The van der Waals surface area contributed by atoms with Crippen LogP contribution in [0.3, 0.4) is 0 Å². The summed E-state index contributed by atoms with van der Waals surface area (Å²) in [6, 6.07) is 27.6. The number of nitrogens with one attached hydrogen (secondary N) is 1. The lowest BCUT2D eigenvalue weighted by molar-refractivity contribution is -0.116. The molecular weight excluding hydrogens is 438 g/mol. The summed E-state index contributed by atoms with van der Waals surface area (Å²) in [6.07, 6.45) is 4.45. The van der Waals surface area contributed by atoms with Gasteiger partial charge in [-0.1, -0.05) is 110 Å². The highest BCUT2D eigenvalue weighted by Crippen LogP contribution is 2.40. The van der Waals surface area contributed by atoms with E-state index in [0.717, 1.165) is 45.4 Å². The maximum absolute atomic E-state index is 14.0.